The molecule has 5 atom stereocenters. The van der Waals surface area contributed by atoms with E-state index in [9.17, 15) is 31.9 Å². The molecule has 1 aliphatic heterocycles. The van der Waals surface area contributed by atoms with Crippen LogP contribution in [0.1, 0.15) is 44.1 Å². The van der Waals surface area contributed by atoms with Crippen molar-refractivity contribution in [3.8, 4) is 5.75 Å². The fraction of sp³-hybridized carbons (Fsp3) is 0.478. The summed E-state index contributed by atoms with van der Waals surface area (Å²) in [4.78, 5) is 17.0. The van der Waals surface area contributed by atoms with Crippen molar-refractivity contribution in [2.24, 2.45) is 5.92 Å². The Labute approximate surface area is 197 Å². The first kappa shape index (κ1) is 26.8. The van der Waals surface area contributed by atoms with Gasteiger partial charge in [0.25, 0.3) is 5.91 Å². The minimum absolute atomic E-state index is 0.0157. The van der Waals surface area contributed by atoms with Crippen LogP contribution in [0.3, 0.4) is 0 Å². The Hall–Kier alpha value is -2.83. The Morgan fingerprint density at radius 2 is 2.00 bits per heavy atom. The largest absolute Gasteiger partial charge is 0.490 e. The van der Waals surface area contributed by atoms with Gasteiger partial charge in [-0.15, -0.1) is 0 Å². The van der Waals surface area contributed by atoms with E-state index in [-0.39, 0.29) is 23.6 Å². The molecule has 0 radical (unpaired) electrons. The number of halogens is 5. The lowest BCUT2D eigenvalue weighted by Crippen LogP contribution is -2.47. The lowest BCUT2D eigenvalue weighted by molar-refractivity contribution is -0.272. The zero-order chi connectivity index (χ0) is 26.1. The van der Waals surface area contributed by atoms with E-state index in [0.29, 0.717) is 0 Å². The summed E-state index contributed by atoms with van der Waals surface area (Å²) in [5, 5.41) is 21.3. The number of carbonyl (C=O) groups is 1. The SMILES string of the molecule is CCOc1c([C@H]2[C@H](C(=O)Nc3ccnc([C@@H](O)CO)c3)O[C@@](C)(C(F)(F)F)[C@H]2C)ccc(F)c1F. The van der Waals surface area contributed by atoms with Crippen LogP contribution in [-0.2, 0) is 9.53 Å². The van der Waals surface area contributed by atoms with Crippen LogP contribution in [0, 0.1) is 17.6 Å². The Morgan fingerprint density at radius 1 is 1.31 bits per heavy atom. The number of anilines is 1. The number of alkyl halides is 3. The fourth-order valence-corrected chi connectivity index (χ4v) is 4.14. The molecule has 1 saturated heterocycles. The summed E-state index contributed by atoms with van der Waals surface area (Å²) >= 11 is 0. The van der Waals surface area contributed by atoms with Gasteiger partial charge < -0.3 is 25.0 Å². The number of benzene rings is 1. The third-order valence-corrected chi connectivity index (χ3v) is 6.22. The molecular weight excluding hydrogens is 479 g/mol. The average molecular weight is 504 g/mol. The number of aliphatic hydroxyl groups is 2. The summed E-state index contributed by atoms with van der Waals surface area (Å²) in [6.07, 6.45) is -6.77. The van der Waals surface area contributed by atoms with Crippen LogP contribution in [-0.4, -0.2) is 52.2 Å². The predicted octanol–water partition coefficient (Wildman–Crippen LogP) is 3.86. The molecule has 0 saturated carbocycles. The van der Waals surface area contributed by atoms with Gasteiger partial charge in [-0.05, 0) is 32.0 Å². The van der Waals surface area contributed by atoms with E-state index >= 15 is 0 Å². The summed E-state index contributed by atoms with van der Waals surface area (Å²) in [6.45, 7) is 2.76. The van der Waals surface area contributed by atoms with Crippen LogP contribution in [0.25, 0.3) is 0 Å². The molecule has 3 rings (SSSR count). The van der Waals surface area contributed by atoms with E-state index in [1.54, 1.807) is 0 Å². The zero-order valence-electron chi connectivity index (χ0n) is 19.1. The average Bonchev–Trinajstić information content (AvgIpc) is 3.09. The van der Waals surface area contributed by atoms with Crippen LogP contribution >= 0.6 is 0 Å². The van der Waals surface area contributed by atoms with Crippen molar-refractivity contribution in [3.05, 3.63) is 53.4 Å². The second kappa shape index (κ2) is 10.0. The van der Waals surface area contributed by atoms with E-state index in [1.807, 2.05) is 0 Å². The van der Waals surface area contributed by atoms with Crippen molar-refractivity contribution in [2.45, 2.75) is 50.7 Å². The number of pyridine rings is 1. The highest BCUT2D eigenvalue weighted by molar-refractivity contribution is 5.95. The van der Waals surface area contributed by atoms with Crippen LogP contribution in [0.15, 0.2) is 30.5 Å². The van der Waals surface area contributed by atoms with Crippen LogP contribution in [0.2, 0.25) is 0 Å². The zero-order valence-corrected chi connectivity index (χ0v) is 19.1. The Morgan fingerprint density at radius 3 is 2.60 bits per heavy atom. The maximum absolute atomic E-state index is 14.6. The molecule has 2 heterocycles. The summed E-state index contributed by atoms with van der Waals surface area (Å²) in [6, 6.07) is 4.39. The molecule has 35 heavy (non-hydrogen) atoms. The summed E-state index contributed by atoms with van der Waals surface area (Å²) in [5.74, 6) is -6.97. The summed E-state index contributed by atoms with van der Waals surface area (Å²) in [7, 11) is 0. The summed E-state index contributed by atoms with van der Waals surface area (Å²) < 4.78 is 81.1. The lowest BCUT2D eigenvalue weighted by atomic mass is 9.77. The maximum atomic E-state index is 14.6. The number of carbonyl (C=O) groups excluding carboxylic acids is 1. The van der Waals surface area contributed by atoms with Crippen molar-refractivity contribution in [3.63, 3.8) is 0 Å². The monoisotopic (exact) mass is 504 g/mol. The van der Waals surface area contributed by atoms with Gasteiger partial charge in [-0.3, -0.25) is 9.78 Å². The molecule has 1 aromatic carbocycles. The minimum Gasteiger partial charge on any atom is -0.490 e. The molecule has 0 unspecified atom stereocenters. The van der Waals surface area contributed by atoms with Gasteiger partial charge in [0.05, 0.1) is 18.9 Å². The van der Waals surface area contributed by atoms with E-state index in [1.165, 1.54) is 32.2 Å². The second-order valence-electron chi connectivity index (χ2n) is 8.33. The van der Waals surface area contributed by atoms with Gasteiger partial charge in [0, 0.05) is 29.3 Å². The normalized spacial score (nSPS) is 25.4. The van der Waals surface area contributed by atoms with E-state index in [4.69, 9.17) is 14.6 Å². The smallest absolute Gasteiger partial charge is 0.417 e. The standard InChI is InChI=1S/C23H25F5N2O5/c1-4-34-19-13(5-6-14(24)18(19)25)17-11(2)22(3,23(26,27)28)35-20(17)21(33)30-12-7-8-29-15(9-12)16(32)10-31/h5-9,11,16-17,20,31-32H,4,10H2,1-3H3,(H,29,30,33)/t11-,16-,17-,20+,22+/m0/s1. The number of nitrogens with one attached hydrogen (secondary N) is 1. The van der Waals surface area contributed by atoms with Crippen LogP contribution in [0.5, 0.6) is 5.75 Å². The molecule has 1 aromatic heterocycles. The first-order valence-corrected chi connectivity index (χ1v) is 10.8. The molecule has 1 amide bonds. The van der Waals surface area contributed by atoms with Gasteiger partial charge in [0.2, 0.25) is 5.82 Å². The Kier molecular flexibility index (Phi) is 7.68. The van der Waals surface area contributed by atoms with Crippen LogP contribution < -0.4 is 10.1 Å². The molecular formula is C23H25F5N2O5. The number of ether oxygens (including phenoxy) is 2. The second-order valence-corrected chi connectivity index (χ2v) is 8.33. The van der Waals surface area contributed by atoms with E-state index in [2.05, 4.69) is 10.3 Å². The molecule has 1 aliphatic rings. The molecule has 2 aromatic rings. The number of hydrogen-bond acceptors (Lipinski definition) is 6. The van der Waals surface area contributed by atoms with Crippen molar-refractivity contribution in [1.29, 1.82) is 0 Å². The molecule has 192 valence electrons. The van der Waals surface area contributed by atoms with Crippen molar-refractivity contribution in [2.75, 3.05) is 18.5 Å². The molecule has 0 aliphatic carbocycles. The van der Waals surface area contributed by atoms with Crippen molar-refractivity contribution < 1.29 is 46.4 Å². The van der Waals surface area contributed by atoms with Gasteiger partial charge in [0.15, 0.2) is 17.2 Å². The summed E-state index contributed by atoms with van der Waals surface area (Å²) in [5.41, 5.74) is -2.84. The van der Waals surface area contributed by atoms with E-state index in [0.717, 1.165) is 19.1 Å². The van der Waals surface area contributed by atoms with E-state index < -0.39 is 65.7 Å². The van der Waals surface area contributed by atoms with Crippen LogP contribution in [0.4, 0.5) is 27.6 Å². The van der Waals surface area contributed by atoms with Crippen molar-refractivity contribution >= 4 is 11.6 Å². The van der Waals surface area contributed by atoms with Gasteiger partial charge in [0.1, 0.15) is 12.2 Å². The van der Waals surface area contributed by atoms with Gasteiger partial charge in [-0.25, -0.2) is 4.39 Å². The Balaban J connectivity index is 2.06. The third kappa shape index (κ3) is 4.95. The van der Waals surface area contributed by atoms with Gasteiger partial charge in [-0.2, -0.15) is 17.6 Å². The quantitative estimate of drug-likeness (QED) is 0.495. The highest BCUT2D eigenvalue weighted by atomic mass is 19.4. The molecule has 0 bridgehead atoms. The molecule has 1 fully saturated rings. The first-order chi connectivity index (χ1) is 16.4. The number of aliphatic hydroxyl groups excluding tert-OH is 2. The third-order valence-electron chi connectivity index (χ3n) is 6.22. The number of rotatable bonds is 7. The number of nitrogens with zero attached hydrogens (tertiary/aromatic N) is 1. The minimum atomic E-state index is -4.89. The fourth-order valence-electron chi connectivity index (χ4n) is 4.14. The lowest BCUT2D eigenvalue weighted by Gasteiger charge is -2.32. The van der Waals surface area contributed by atoms with Gasteiger partial charge >= 0.3 is 6.18 Å². The predicted molar refractivity (Wildman–Crippen MR) is 114 cm³/mol. The highest BCUT2D eigenvalue weighted by Gasteiger charge is 2.65. The number of amides is 1. The first-order valence-electron chi connectivity index (χ1n) is 10.8. The topological polar surface area (TPSA) is 101 Å². The van der Waals surface area contributed by atoms with Crippen molar-refractivity contribution in [1.82, 2.24) is 4.98 Å². The van der Waals surface area contributed by atoms with Gasteiger partial charge in [-0.1, -0.05) is 13.0 Å². The highest BCUT2D eigenvalue weighted by Crippen LogP contribution is 2.55. The molecule has 7 nitrogen and oxygen atoms in total. The molecule has 3 N–H and O–H groups in total. The maximum Gasteiger partial charge on any atom is 0.417 e. The molecule has 12 heteroatoms. The number of aromatic nitrogens is 1. The molecule has 0 spiro atoms. The number of hydrogen-bond donors (Lipinski definition) is 3. The Bertz CT molecular complexity index is 1080.